The molecule has 0 saturated heterocycles. The van der Waals surface area contributed by atoms with Crippen molar-refractivity contribution in [3.63, 3.8) is 0 Å². The van der Waals surface area contributed by atoms with Crippen LogP contribution in [-0.4, -0.2) is 9.97 Å². The second-order valence-corrected chi connectivity index (χ2v) is 5.37. The lowest BCUT2D eigenvalue weighted by Gasteiger charge is -2.01. The Morgan fingerprint density at radius 1 is 1.13 bits per heavy atom. The monoisotopic (exact) mass is 342 g/mol. The van der Waals surface area contributed by atoms with Gasteiger partial charge in [-0.3, -0.25) is 0 Å². The van der Waals surface area contributed by atoms with Crippen LogP contribution in [0.25, 0.3) is 10.7 Å². The first-order valence-corrected chi connectivity index (χ1v) is 6.52. The molecule has 0 bridgehead atoms. The largest absolute Gasteiger partial charge is 0.214 e. The molecule has 0 aliphatic heterocycles. The first kappa shape index (κ1) is 11.6. The van der Waals surface area contributed by atoms with E-state index in [1.165, 1.54) is 11.3 Å². The van der Waals surface area contributed by atoms with Crippen LogP contribution in [0.5, 0.6) is 0 Å². The van der Waals surface area contributed by atoms with Gasteiger partial charge in [0.1, 0.15) is 10.3 Å². The van der Waals surface area contributed by atoms with Gasteiger partial charge < -0.3 is 0 Å². The average Bonchev–Trinajstić information content (AvgIpc) is 2.60. The quantitative estimate of drug-likeness (QED) is 0.686. The number of hydrogen-bond acceptors (Lipinski definition) is 3. The molecule has 0 saturated carbocycles. The van der Waals surface area contributed by atoms with Gasteiger partial charge in [0.25, 0.3) is 0 Å². The van der Waals surface area contributed by atoms with Crippen LogP contribution < -0.4 is 0 Å². The van der Waals surface area contributed by atoms with Crippen LogP contribution in [0.4, 0.5) is 0 Å². The van der Waals surface area contributed by atoms with Crippen LogP contribution in [-0.2, 0) is 0 Å². The van der Waals surface area contributed by atoms with Crippen LogP contribution in [0.15, 0.2) is 15.9 Å². The normalized spacial score (nSPS) is 10.7. The van der Waals surface area contributed by atoms with Gasteiger partial charge in [0.05, 0.1) is 14.4 Å². The molecule has 0 amide bonds. The Labute approximate surface area is 113 Å². The Hall–Kier alpha value is 0.130. The van der Waals surface area contributed by atoms with Gasteiger partial charge in [0.2, 0.25) is 0 Å². The van der Waals surface area contributed by atoms with E-state index in [-0.39, 0.29) is 10.3 Å². The third kappa shape index (κ3) is 2.29. The van der Waals surface area contributed by atoms with Crippen molar-refractivity contribution in [1.29, 1.82) is 0 Å². The minimum atomic E-state index is 0.273. The van der Waals surface area contributed by atoms with Crippen molar-refractivity contribution >= 4 is 62.1 Å². The Morgan fingerprint density at radius 2 is 1.73 bits per heavy atom. The van der Waals surface area contributed by atoms with Gasteiger partial charge in [-0.1, -0.05) is 34.8 Å². The fourth-order valence-corrected chi connectivity index (χ4v) is 2.59. The molecule has 7 heteroatoms. The van der Waals surface area contributed by atoms with Crippen molar-refractivity contribution in [2.24, 2.45) is 0 Å². The molecule has 2 nitrogen and oxygen atoms in total. The predicted octanol–water partition coefficient (Wildman–Crippen LogP) is 4.93. The second kappa shape index (κ2) is 4.55. The SMILES string of the molecule is Clc1ccsc1-c1nc(Cl)c(Br)c(Cl)n1. The number of halogens is 4. The maximum absolute atomic E-state index is 5.95. The number of nitrogens with zero attached hydrogens (tertiary/aromatic N) is 2. The molecule has 2 heterocycles. The highest BCUT2D eigenvalue weighted by atomic mass is 79.9. The second-order valence-electron chi connectivity index (χ2n) is 2.54. The van der Waals surface area contributed by atoms with Crippen LogP contribution in [0.3, 0.4) is 0 Å². The van der Waals surface area contributed by atoms with Gasteiger partial charge in [-0.2, -0.15) is 0 Å². The molecule has 0 fully saturated rings. The summed E-state index contributed by atoms with van der Waals surface area (Å²) in [7, 11) is 0. The lowest BCUT2D eigenvalue weighted by atomic mass is 10.4. The molecule has 0 unspecified atom stereocenters. The zero-order valence-corrected chi connectivity index (χ0v) is 11.6. The Bertz CT molecular complexity index is 491. The van der Waals surface area contributed by atoms with E-state index in [1.807, 2.05) is 5.38 Å². The summed E-state index contributed by atoms with van der Waals surface area (Å²) in [5.74, 6) is 0.438. The van der Waals surface area contributed by atoms with Crippen LogP contribution in [0, 0.1) is 0 Å². The third-order valence-electron chi connectivity index (χ3n) is 1.59. The van der Waals surface area contributed by atoms with Gasteiger partial charge in [-0.25, -0.2) is 9.97 Å². The van der Waals surface area contributed by atoms with E-state index < -0.39 is 0 Å². The van der Waals surface area contributed by atoms with Crippen LogP contribution in [0.2, 0.25) is 15.3 Å². The fourth-order valence-electron chi connectivity index (χ4n) is 0.949. The molecule has 78 valence electrons. The highest BCUT2D eigenvalue weighted by Crippen LogP contribution is 2.35. The lowest BCUT2D eigenvalue weighted by molar-refractivity contribution is 1.17. The molecule has 0 aliphatic rings. The molecule has 15 heavy (non-hydrogen) atoms. The molecular formula is C8H2BrCl3N2S. The minimum Gasteiger partial charge on any atom is -0.214 e. The lowest BCUT2D eigenvalue weighted by Crippen LogP contribution is -1.90. The summed E-state index contributed by atoms with van der Waals surface area (Å²) in [6.45, 7) is 0. The smallest absolute Gasteiger partial charge is 0.174 e. The predicted molar refractivity (Wildman–Crippen MR) is 68.1 cm³/mol. The first-order valence-electron chi connectivity index (χ1n) is 3.71. The molecule has 0 N–H and O–H groups in total. The maximum Gasteiger partial charge on any atom is 0.174 e. The van der Waals surface area contributed by atoms with E-state index in [0.717, 1.165) is 4.88 Å². The molecule has 2 rings (SSSR count). The maximum atomic E-state index is 5.95. The van der Waals surface area contributed by atoms with E-state index in [1.54, 1.807) is 6.07 Å². The zero-order chi connectivity index (χ0) is 11.0. The van der Waals surface area contributed by atoms with Gasteiger partial charge >= 0.3 is 0 Å². The molecule has 0 radical (unpaired) electrons. The number of thiophene rings is 1. The number of rotatable bonds is 1. The van der Waals surface area contributed by atoms with Crippen molar-refractivity contribution in [3.05, 3.63) is 31.2 Å². The summed E-state index contributed by atoms with van der Waals surface area (Å²) < 4.78 is 0.488. The standard InChI is InChI=1S/C8H2BrCl3N2S/c9-4-6(11)13-8(14-7(4)12)5-3(10)1-2-15-5/h1-2H. The van der Waals surface area contributed by atoms with Crippen molar-refractivity contribution in [3.8, 4) is 10.7 Å². The van der Waals surface area contributed by atoms with Crippen molar-refractivity contribution in [2.75, 3.05) is 0 Å². The summed E-state index contributed by atoms with van der Waals surface area (Å²) >= 11 is 22.3. The fraction of sp³-hybridized carbons (Fsp3) is 0. The van der Waals surface area contributed by atoms with Gasteiger partial charge in [0.15, 0.2) is 5.82 Å². The van der Waals surface area contributed by atoms with Gasteiger partial charge in [-0.05, 0) is 27.4 Å². The molecule has 0 aliphatic carbocycles. The molecule has 2 aromatic heterocycles. The highest BCUT2D eigenvalue weighted by molar-refractivity contribution is 9.10. The summed E-state index contributed by atoms with van der Waals surface area (Å²) in [4.78, 5) is 8.93. The Kier molecular flexibility index (Phi) is 3.52. The average molecular weight is 344 g/mol. The zero-order valence-electron chi connectivity index (χ0n) is 6.97. The minimum absolute atomic E-state index is 0.273. The Morgan fingerprint density at radius 3 is 2.20 bits per heavy atom. The van der Waals surface area contributed by atoms with E-state index in [2.05, 4.69) is 25.9 Å². The van der Waals surface area contributed by atoms with Crippen LogP contribution >= 0.6 is 62.1 Å². The summed E-state index contributed by atoms with van der Waals surface area (Å²) in [5, 5.41) is 2.99. The van der Waals surface area contributed by atoms with Gasteiger partial charge in [-0.15, -0.1) is 11.3 Å². The summed E-state index contributed by atoms with van der Waals surface area (Å²) in [6.07, 6.45) is 0. The molecule has 0 atom stereocenters. The van der Waals surface area contributed by atoms with Crippen molar-refractivity contribution in [2.45, 2.75) is 0 Å². The molecule has 0 spiro atoms. The highest BCUT2D eigenvalue weighted by Gasteiger charge is 2.13. The van der Waals surface area contributed by atoms with E-state index >= 15 is 0 Å². The number of aromatic nitrogens is 2. The Balaban J connectivity index is 2.60. The van der Waals surface area contributed by atoms with Crippen molar-refractivity contribution < 1.29 is 0 Å². The summed E-state index contributed by atoms with van der Waals surface area (Å²) in [6, 6.07) is 1.77. The summed E-state index contributed by atoms with van der Waals surface area (Å²) in [5.41, 5.74) is 0. The third-order valence-corrected chi connectivity index (χ3v) is 4.68. The molecular weight excluding hydrogens is 342 g/mol. The topological polar surface area (TPSA) is 25.8 Å². The number of hydrogen-bond donors (Lipinski definition) is 0. The van der Waals surface area contributed by atoms with Crippen LogP contribution in [0.1, 0.15) is 0 Å². The van der Waals surface area contributed by atoms with E-state index in [0.29, 0.717) is 15.3 Å². The first-order chi connectivity index (χ1) is 7.09. The van der Waals surface area contributed by atoms with E-state index in [9.17, 15) is 0 Å². The van der Waals surface area contributed by atoms with E-state index in [4.69, 9.17) is 34.8 Å². The molecule has 0 aromatic carbocycles. The van der Waals surface area contributed by atoms with Crippen molar-refractivity contribution in [1.82, 2.24) is 9.97 Å². The molecule has 2 aromatic rings. The van der Waals surface area contributed by atoms with Gasteiger partial charge in [0, 0.05) is 0 Å².